The predicted molar refractivity (Wildman–Crippen MR) is 91.8 cm³/mol. The molecule has 2 amide bonds. The predicted octanol–water partition coefficient (Wildman–Crippen LogP) is 3.48. The Labute approximate surface area is 143 Å². The fraction of sp³-hybridized carbons (Fsp3) is 0.176. The van der Waals surface area contributed by atoms with Gasteiger partial charge in [-0.15, -0.1) is 0 Å². The number of non-ortho nitro benzene ring substituents is 1. The van der Waals surface area contributed by atoms with Crippen LogP contribution in [0.2, 0.25) is 0 Å². The molecule has 0 saturated carbocycles. The number of carboxylic acid groups (broad SMARTS) is 1. The summed E-state index contributed by atoms with van der Waals surface area (Å²) in [6.45, 7) is 3.36. The van der Waals surface area contributed by atoms with Gasteiger partial charge in [-0.2, -0.15) is 0 Å². The van der Waals surface area contributed by atoms with Crippen LogP contribution in [0, 0.1) is 17.0 Å². The third-order valence-corrected chi connectivity index (χ3v) is 3.69. The fourth-order valence-electron chi connectivity index (χ4n) is 2.38. The maximum atomic E-state index is 12.1. The number of benzene rings is 2. The summed E-state index contributed by atoms with van der Waals surface area (Å²) in [4.78, 5) is 33.6. The summed E-state index contributed by atoms with van der Waals surface area (Å²) in [7, 11) is 0. The summed E-state index contributed by atoms with van der Waals surface area (Å²) in [6, 6.07) is 9.63. The molecule has 0 spiro atoms. The first-order chi connectivity index (χ1) is 11.8. The summed E-state index contributed by atoms with van der Waals surface area (Å²) < 4.78 is 0. The van der Waals surface area contributed by atoms with Crippen LogP contribution in [0.1, 0.15) is 34.5 Å². The van der Waals surface area contributed by atoms with Crippen LogP contribution in [0.5, 0.6) is 0 Å². The van der Waals surface area contributed by atoms with Crippen molar-refractivity contribution in [3.05, 3.63) is 69.3 Å². The molecule has 0 bridgehead atoms. The van der Waals surface area contributed by atoms with Gasteiger partial charge in [0.25, 0.3) is 5.69 Å². The van der Waals surface area contributed by atoms with E-state index in [0.717, 1.165) is 0 Å². The minimum atomic E-state index is -1.13. The van der Waals surface area contributed by atoms with Gasteiger partial charge < -0.3 is 15.7 Å². The highest BCUT2D eigenvalue weighted by atomic mass is 16.6. The topological polar surface area (TPSA) is 122 Å². The lowest BCUT2D eigenvalue weighted by atomic mass is 10.1. The molecule has 8 nitrogen and oxygen atoms in total. The van der Waals surface area contributed by atoms with Gasteiger partial charge in [0, 0.05) is 12.1 Å². The molecule has 0 fully saturated rings. The number of aromatic carboxylic acids is 1. The molecule has 1 atom stereocenters. The van der Waals surface area contributed by atoms with Crippen LogP contribution in [-0.2, 0) is 0 Å². The van der Waals surface area contributed by atoms with Gasteiger partial charge in [-0.3, -0.25) is 10.1 Å². The van der Waals surface area contributed by atoms with E-state index in [4.69, 9.17) is 0 Å². The van der Waals surface area contributed by atoms with E-state index in [1.165, 1.54) is 18.2 Å². The van der Waals surface area contributed by atoms with E-state index in [-0.39, 0.29) is 16.9 Å². The van der Waals surface area contributed by atoms with E-state index in [0.29, 0.717) is 11.1 Å². The Bertz CT molecular complexity index is 818. The van der Waals surface area contributed by atoms with E-state index in [9.17, 15) is 24.8 Å². The second-order valence-electron chi connectivity index (χ2n) is 5.47. The first-order valence-corrected chi connectivity index (χ1v) is 7.44. The van der Waals surface area contributed by atoms with Gasteiger partial charge in [-0.05, 0) is 31.0 Å². The van der Waals surface area contributed by atoms with Gasteiger partial charge >= 0.3 is 12.0 Å². The molecule has 130 valence electrons. The Kier molecular flexibility index (Phi) is 5.33. The second-order valence-corrected chi connectivity index (χ2v) is 5.47. The molecule has 3 N–H and O–H groups in total. The Morgan fingerprint density at radius 2 is 1.80 bits per heavy atom. The van der Waals surface area contributed by atoms with E-state index in [2.05, 4.69) is 10.6 Å². The van der Waals surface area contributed by atoms with Crippen LogP contribution in [-0.4, -0.2) is 22.0 Å². The Morgan fingerprint density at radius 3 is 2.36 bits per heavy atom. The van der Waals surface area contributed by atoms with Gasteiger partial charge in [0.15, 0.2) is 0 Å². The molecule has 0 aromatic heterocycles. The molecular weight excluding hydrogens is 326 g/mol. The molecule has 2 aromatic carbocycles. The Balaban J connectivity index is 2.09. The lowest BCUT2D eigenvalue weighted by Crippen LogP contribution is -2.31. The maximum Gasteiger partial charge on any atom is 0.338 e. The van der Waals surface area contributed by atoms with E-state index < -0.39 is 23.0 Å². The number of carboxylic acids is 1. The van der Waals surface area contributed by atoms with Crippen LogP contribution in [0.4, 0.5) is 16.2 Å². The van der Waals surface area contributed by atoms with Crippen molar-refractivity contribution in [3.63, 3.8) is 0 Å². The highest BCUT2D eigenvalue weighted by molar-refractivity contribution is 6.01. The number of anilines is 1. The molecule has 2 rings (SSSR count). The van der Waals surface area contributed by atoms with Crippen molar-refractivity contribution >= 4 is 23.4 Å². The summed E-state index contributed by atoms with van der Waals surface area (Å²) >= 11 is 0. The van der Waals surface area contributed by atoms with Crippen LogP contribution in [0.3, 0.4) is 0 Å². The number of carbonyl (C=O) groups is 2. The minimum absolute atomic E-state index is 0.0284. The Hall–Kier alpha value is -3.42. The third kappa shape index (κ3) is 4.31. The number of aryl methyl sites for hydroxylation is 1. The van der Waals surface area contributed by atoms with Crippen molar-refractivity contribution in [2.75, 3.05) is 5.32 Å². The van der Waals surface area contributed by atoms with E-state index in [1.807, 2.05) is 0 Å². The zero-order valence-corrected chi connectivity index (χ0v) is 13.6. The van der Waals surface area contributed by atoms with Gasteiger partial charge in [0.05, 0.1) is 22.2 Å². The molecule has 0 aliphatic heterocycles. The van der Waals surface area contributed by atoms with Crippen molar-refractivity contribution in [3.8, 4) is 0 Å². The Morgan fingerprint density at radius 1 is 1.16 bits per heavy atom. The lowest BCUT2D eigenvalue weighted by Gasteiger charge is -2.16. The van der Waals surface area contributed by atoms with Crippen LogP contribution in [0.15, 0.2) is 42.5 Å². The molecule has 2 aromatic rings. The van der Waals surface area contributed by atoms with Crippen molar-refractivity contribution in [2.45, 2.75) is 19.9 Å². The number of nitro benzene ring substituents is 1. The standard InChI is InChI=1S/C17H17N3O5/c1-10-4-3-5-14(15(10)16(21)22)19-17(23)18-11(2)12-6-8-13(9-7-12)20(24)25/h3-9,11H,1-2H3,(H,21,22)(H2,18,19,23)/t11-/m1/s1. The molecule has 0 heterocycles. The van der Waals surface area contributed by atoms with Gasteiger partial charge in [-0.25, -0.2) is 9.59 Å². The van der Waals surface area contributed by atoms with E-state index in [1.54, 1.807) is 38.1 Å². The summed E-state index contributed by atoms with van der Waals surface area (Å²) in [6.07, 6.45) is 0. The first kappa shape index (κ1) is 17.9. The number of nitrogens with one attached hydrogen (secondary N) is 2. The number of nitro groups is 1. The SMILES string of the molecule is Cc1cccc(NC(=O)N[C@H](C)c2ccc([N+](=O)[O-])cc2)c1C(=O)O. The van der Waals surface area contributed by atoms with Crippen LogP contribution >= 0.6 is 0 Å². The number of hydrogen-bond donors (Lipinski definition) is 3. The molecule has 0 aliphatic rings. The monoisotopic (exact) mass is 343 g/mol. The summed E-state index contributed by atoms with van der Waals surface area (Å²) in [5.41, 5.74) is 1.41. The smallest absolute Gasteiger partial charge is 0.338 e. The number of carbonyl (C=O) groups excluding carboxylic acids is 1. The molecule has 25 heavy (non-hydrogen) atoms. The van der Waals surface area contributed by atoms with Crippen LogP contribution in [0.25, 0.3) is 0 Å². The normalized spacial score (nSPS) is 11.4. The first-order valence-electron chi connectivity index (χ1n) is 7.44. The highest BCUT2D eigenvalue weighted by Gasteiger charge is 2.16. The molecule has 0 saturated heterocycles. The third-order valence-electron chi connectivity index (χ3n) is 3.69. The average molecular weight is 343 g/mol. The average Bonchev–Trinajstić information content (AvgIpc) is 2.54. The number of hydrogen-bond acceptors (Lipinski definition) is 4. The minimum Gasteiger partial charge on any atom is -0.478 e. The number of amides is 2. The molecule has 0 unspecified atom stereocenters. The molecule has 0 radical (unpaired) electrons. The van der Waals surface area contributed by atoms with Gasteiger partial charge in [-0.1, -0.05) is 24.3 Å². The molecule has 0 aliphatic carbocycles. The number of urea groups is 1. The van der Waals surface area contributed by atoms with Crippen molar-refractivity contribution in [2.24, 2.45) is 0 Å². The number of nitrogens with zero attached hydrogens (tertiary/aromatic N) is 1. The lowest BCUT2D eigenvalue weighted by molar-refractivity contribution is -0.384. The quantitative estimate of drug-likeness (QED) is 0.567. The van der Waals surface area contributed by atoms with Crippen molar-refractivity contribution in [1.82, 2.24) is 5.32 Å². The zero-order valence-electron chi connectivity index (χ0n) is 13.6. The molecule has 8 heteroatoms. The maximum absolute atomic E-state index is 12.1. The van der Waals surface area contributed by atoms with E-state index >= 15 is 0 Å². The number of rotatable bonds is 5. The summed E-state index contributed by atoms with van der Waals surface area (Å²) in [5, 5.41) is 25.1. The highest BCUT2D eigenvalue weighted by Crippen LogP contribution is 2.21. The van der Waals surface area contributed by atoms with Crippen LogP contribution < -0.4 is 10.6 Å². The van der Waals surface area contributed by atoms with Gasteiger partial charge in [0.2, 0.25) is 0 Å². The van der Waals surface area contributed by atoms with Crippen molar-refractivity contribution < 1.29 is 19.6 Å². The summed E-state index contributed by atoms with van der Waals surface area (Å²) in [5.74, 6) is -1.13. The fourth-order valence-corrected chi connectivity index (χ4v) is 2.38. The van der Waals surface area contributed by atoms with Gasteiger partial charge in [0.1, 0.15) is 0 Å². The molecular formula is C17H17N3O5. The van der Waals surface area contributed by atoms with Crippen molar-refractivity contribution in [1.29, 1.82) is 0 Å². The largest absolute Gasteiger partial charge is 0.478 e. The zero-order chi connectivity index (χ0) is 18.6. The second kappa shape index (κ2) is 7.43.